The van der Waals surface area contributed by atoms with Crippen molar-refractivity contribution in [2.75, 3.05) is 121 Å². The molecule has 748 valence electrons. The first-order valence-corrected chi connectivity index (χ1v) is 49.1. The lowest BCUT2D eigenvalue weighted by Gasteiger charge is -2.40. The van der Waals surface area contributed by atoms with E-state index < -0.39 is 54.4 Å². The number of halogens is 4. The summed E-state index contributed by atoms with van der Waals surface area (Å²) in [7, 11) is 3.89. The molecule has 7 aliphatic rings. The topological polar surface area (TPSA) is 346 Å². The first-order valence-electron chi connectivity index (χ1n) is 46.7. The number of anilines is 7. The number of amides is 10. The molecule has 7 aromatic rings. The van der Waals surface area contributed by atoms with E-state index in [1.807, 2.05) is 143 Å². The average molecular weight is 2080 g/mol. The van der Waals surface area contributed by atoms with Crippen molar-refractivity contribution in [1.82, 2.24) is 16.0 Å². The zero-order valence-corrected chi connectivity index (χ0v) is 88.4. The molecule has 0 aromatic heterocycles. The SMILES string of the molecule is CCCCN1C(=O)C(C)(CC)Oc2cc(C#N)c(C)cc21.CCCCN1C(=O)C(C)Oc2cc(Br)c(C)cc21.CCCCN1C(=O)C(C)Oc2cc(C)c(C)cc21.CCCCN1C(=O)C(C)Oc2cc(Cl)c(C)cc21.COC(=O)NCCN1C(=O)C(C)Oc2cc(Br)c(C)cc21.COC(=O)NCCN1C(=O)C(C)Oc2cc(C)c(C)cc21.COC(=O)NCCN1C(=O)C(C)Oc2cc(Cl)c(C)cc21. The Morgan fingerprint density at radius 1 is 0.355 bits per heavy atom. The van der Waals surface area contributed by atoms with Gasteiger partial charge in [-0.3, -0.25) is 33.6 Å². The predicted molar refractivity (Wildman–Crippen MR) is 545 cm³/mol. The Labute approximate surface area is 837 Å². The molecular weight excluding hydrogens is 1940 g/mol. The van der Waals surface area contributed by atoms with Gasteiger partial charge < -0.3 is 97.6 Å². The molecule has 0 fully saturated rings. The number of nitrogens with zero attached hydrogens (tertiary/aromatic N) is 8. The second-order valence-corrected chi connectivity index (χ2v) is 37.2. The number of hydrogen-bond donors (Lipinski definition) is 3. The number of alkyl carbamates (subject to hydrolysis) is 3. The van der Waals surface area contributed by atoms with Crippen LogP contribution in [0.25, 0.3) is 0 Å². The Morgan fingerprint density at radius 2 is 0.594 bits per heavy atom. The molecule has 7 heterocycles. The van der Waals surface area contributed by atoms with E-state index in [1.165, 1.54) is 32.5 Å². The molecule has 0 spiro atoms. The number of aryl methyl sites for hydroxylation is 9. The second-order valence-electron chi connectivity index (χ2n) is 34.6. The summed E-state index contributed by atoms with van der Waals surface area (Å²) in [5.41, 5.74) is 14.7. The van der Waals surface area contributed by atoms with Gasteiger partial charge in [-0.1, -0.05) is 115 Å². The maximum Gasteiger partial charge on any atom is 0.406 e. The molecule has 10 amide bonds. The van der Waals surface area contributed by atoms with Crippen LogP contribution in [0.15, 0.2) is 93.9 Å². The molecule has 14 rings (SSSR count). The van der Waals surface area contributed by atoms with Crippen LogP contribution < -0.4 is 83.4 Å². The number of carbonyl (C=O) groups excluding carboxylic acids is 10. The first-order chi connectivity index (χ1) is 65.4. The lowest BCUT2D eigenvalue weighted by Crippen LogP contribution is -2.54. The average Bonchev–Trinajstić information content (AvgIpc) is 0.751. The first kappa shape index (κ1) is 112. The van der Waals surface area contributed by atoms with Crippen LogP contribution in [0.5, 0.6) is 40.2 Å². The third kappa shape index (κ3) is 27.9. The minimum atomic E-state index is -0.845. The summed E-state index contributed by atoms with van der Waals surface area (Å²) in [5.74, 6) is 4.63. The highest BCUT2D eigenvalue weighted by Crippen LogP contribution is 2.46. The molecule has 0 radical (unpaired) electrons. The van der Waals surface area contributed by atoms with Crippen LogP contribution in [0.1, 0.15) is 197 Å². The standard InChI is InChI=1S/C17H22N2O2.C15H20N2O4.C15H21NO2.C14H17BrN2O4.C14H18BrNO2.C14H17ClN2O4.C14H18ClNO2/c1-5-7-8-19-14-9-12(3)13(11-18)10-15(14)21-17(4,6-2)16(19)20;1-9-7-12-13(8-10(9)2)21-11(3)14(18)17(12)6-5-16-15(19)20-4;1-5-6-7-16-13-8-10(2)11(3)9-14(13)18-12(4)15(16)17;1-8-6-11-12(7-10(8)15)21-9(2)13(18)17(11)5-4-16-14(19)20-3;1-4-5-6-16-12-7-9(2)11(15)8-13(12)18-10(3)14(16)17;1-8-6-11-12(7-10(8)15)21-9(2)13(18)17(11)5-4-16-14(19)20-3;1-4-5-6-16-12-7-9(2)11(15)8-13(12)18-10(3)14(16)17/h9-10H,5-8H2,1-4H3;7-8,11H,5-6H2,1-4H3,(H,16,19);8-9,12H,5-7H2,1-4H3;6-7,9H,4-5H2,1-3H3,(H,16,19);7-8,10H,4-6H2,1-3H3;6-7,9H,4-5H2,1-3H3,(H,16,19);7-8,10H,4-6H2,1-3H3. The Hall–Kier alpha value is -11.7. The molecule has 0 bridgehead atoms. The highest BCUT2D eigenvalue weighted by Gasteiger charge is 2.45. The monoisotopic (exact) mass is 2070 g/mol. The van der Waals surface area contributed by atoms with Gasteiger partial charge in [-0.25, -0.2) is 14.4 Å². The summed E-state index contributed by atoms with van der Waals surface area (Å²) in [6.45, 7) is 45.4. The van der Waals surface area contributed by atoms with Crippen LogP contribution in [-0.4, -0.2) is 189 Å². The van der Waals surface area contributed by atoms with Crippen molar-refractivity contribution in [2.45, 2.75) is 245 Å². The van der Waals surface area contributed by atoms with Gasteiger partial charge in [0.1, 0.15) is 40.2 Å². The summed E-state index contributed by atoms with van der Waals surface area (Å²) in [6.07, 6.45) is 4.36. The molecule has 0 aliphatic carbocycles. The van der Waals surface area contributed by atoms with E-state index in [9.17, 15) is 53.2 Å². The third-order valence-corrected chi connectivity index (χ3v) is 26.6. The maximum atomic E-state index is 12.7. The van der Waals surface area contributed by atoms with E-state index in [0.717, 1.165) is 159 Å². The zero-order chi connectivity index (χ0) is 102. The van der Waals surface area contributed by atoms with Gasteiger partial charge in [0.2, 0.25) is 0 Å². The minimum absolute atomic E-state index is 0.00931. The Kier molecular flexibility index (Phi) is 41.4. The van der Waals surface area contributed by atoms with Crippen molar-refractivity contribution >= 4 is 155 Å². The van der Waals surface area contributed by atoms with Gasteiger partial charge in [-0.05, 0) is 260 Å². The number of hydrogen-bond acceptors (Lipinski definition) is 21. The number of rotatable bonds is 22. The number of nitriles is 1. The summed E-state index contributed by atoms with van der Waals surface area (Å²) >= 11 is 19.1. The van der Waals surface area contributed by atoms with Gasteiger partial charge in [-0.15, -0.1) is 0 Å². The fourth-order valence-corrected chi connectivity index (χ4v) is 16.3. The number of methoxy groups -OCH3 is 3. The van der Waals surface area contributed by atoms with Crippen LogP contribution in [-0.2, 0) is 47.8 Å². The molecule has 0 saturated heterocycles. The van der Waals surface area contributed by atoms with Crippen LogP contribution in [0.2, 0.25) is 10.0 Å². The Morgan fingerprint density at radius 3 is 0.870 bits per heavy atom. The van der Waals surface area contributed by atoms with Crippen molar-refractivity contribution in [3.63, 3.8) is 0 Å². The molecule has 35 heteroatoms. The van der Waals surface area contributed by atoms with E-state index >= 15 is 0 Å². The lowest BCUT2D eigenvalue weighted by molar-refractivity contribution is -0.134. The van der Waals surface area contributed by atoms with E-state index in [1.54, 1.807) is 73.6 Å². The fourth-order valence-electron chi connectivity index (χ4n) is 15.3. The largest absolute Gasteiger partial charge is 0.479 e. The van der Waals surface area contributed by atoms with E-state index in [-0.39, 0.29) is 54.0 Å². The van der Waals surface area contributed by atoms with Crippen molar-refractivity contribution in [1.29, 1.82) is 5.26 Å². The molecule has 7 unspecified atom stereocenters. The van der Waals surface area contributed by atoms with Crippen molar-refractivity contribution in [3.05, 3.63) is 160 Å². The maximum absolute atomic E-state index is 12.7. The number of fused-ring (bicyclic) bond motifs is 7. The van der Waals surface area contributed by atoms with Gasteiger partial charge in [0, 0.05) is 103 Å². The summed E-state index contributed by atoms with van der Waals surface area (Å²) < 4.78 is 55.2. The normalized spacial score (nSPS) is 18.2. The number of nitrogens with one attached hydrogen (secondary N) is 3. The smallest absolute Gasteiger partial charge is 0.406 e. The minimum Gasteiger partial charge on any atom is -0.479 e. The van der Waals surface area contributed by atoms with E-state index in [0.29, 0.717) is 101 Å². The van der Waals surface area contributed by atoms with E-state index in [4.69, 9.17) is 56.4 Å². The Balaban J connectivity index is 0.000000198. The molecule has 138 heavy (non-hydrogen) atoms. The third-order valence-electron chi connectivity index (χ3n) is 24.1. The van der Waals surface area contributed by atoms with Crippen LogP contribution in [0.3, 0.4) is 0 Å². The highest BCUT2D eigenvalue weighted by molar-refractivity contribution is 9.10. The molecule has 7 aliphatic heterocycles. The molecule has 7 aromatic carbocycles. The Bertz CT molecular complexity index is 5190. The molecular formula is C103H133Br2Cl2N11O20. The van der Waals surface area contributed by atoms with Crippen molar-refractivity contribution in [2.24, 2.45) is 0 Å². The second kappa shape index (κ2) is 51.3. The van der Waals surface area contributed by atoms with Gasteiger partial charge in [0.05, 0.1) is 72.8 Å². The van der Waals surface area contributed by atoms with Gasteiger partial charge >= 0.3 is 18.3 Å². The summed E-state index contributed by atoms with van der Waals surface area (Å²) in [4.78, 5) is 132. The molecule has 7 atom stereocenters. The van der Waals surface area contributed by atoms with Gasteiger partial charge in [0.25, 0.3) is 41.4 Å². The quantitative estimate of drug-likeness (QED) is 0.0531. The lowest BCUT2D eigenvalue weighted by atomic mass is 9.96. The van der Waals surface area contributed by atoms with Gasteiger partial charge in [-0.2, -0.15) is 5.26 Å². The predicted octanol–water partition coefficient (Wildman–Crippen LogP) is 20.1. The summed E-state index contributed by atoms with van der Waals surface area (Å²) in [5, 5.41) is 18.1. The van der Waals surface area contributed by atoms with Crippen LogP contribution in [0.4, 0.5) is 54.2 Å². The number of benzene rings is 7. The highest BCUT2D eigenvalue weighted by atomic mass is 79.9. The zero-order valence-electron chi connectivity index (χ0n) is 83.7. The van der Waals surface area contributed by atoms with Crippen LogP contribution >= 0.6 is 55.1 Å². The van der Waals surface area contributed by atoms with Crippen LogP contribution in [0, 0.1) is 73.6 Å². The molecule has 31 nitrogen and oxygen atoms in total. The number of unbranched alkanes of at least 4 members (excludes halogenated alkanes) is 4. The molecule has 0 saturated carbocycles. The van der Waals surface area contributed by atoms with E-state index in [2.05, 4.69) is 116 Å². The van der Waals surface area contributed by atoms with Gasteiger partial charge in [0.15, 0.2) is 42.2 Å². The van der Waals surface area contributed by atoms with Crippen molar-refractivity contribution in [3.8, 4) is 46.3 Å². The fraction of sp³-hybridized carbons (Fsp3) is 0.485. The number of ether oxygens (including phenoxy) is 10. The van der Waals surface area contributed by atoms with Crippen molar-refractivity contribution < 1.29 is 95.3 Å². The summed E-state index contributed by atoms with van der Waals surface area (Å²) in [6, 6.07) is 28.7. The number of carbonyl (C=O) groups is 10. The molecule has 3 N–H and O–H groups in total.